The number of anilines is 1. The molecule has 5 nitrogen and oxygen atoms in total. The Labute approximate surface area is 126 Å². The molecule has 22 heavy (non-hydrogen) atoms. The van der Waals surface area contributed by atoms with Crippen LogP contribution in [0.1, 0.15) is 23.2 Å². The van der Waals surface area contributed by atoms with Crippen molar-refractivity contribution in [2.45, 2.75) is 20.0 Å². The molecule has 1 heterocycles. The van der Waals surface area contributed by atoms with Crippen molar-refractivity contribution in [2.75, 3.05) is 12.4 Å². The fraction of sp³-hybridized carbons (Fsp3) is 0.267. The number of carbonyl (C=O) groups is 1. The highest BCUT2D eigenvalue weighted by Crippen LogP contribution is 2.21. The maximum absolute atomic E-state index is 13.3. The van der Waals surface area contributed by atoms with Crippen LogP contribution < -0.4 is 5.32 Å². The van der Waals surface area contributed by atoms with Gasteiger partial charge in [-0.15, -0.1) is 0 Å². The number of aromatic nitrogens is 2. The number of halogens is 2. The average Bonchev–Trinajstić information content (AvgIpc) is 2.36. The summed E-state index contributed by atoms with van der Waals surface area (Å²) in [4.78, 5) is 20.4. The number of methoxy groups -OCH3 is 1. The third kappa shape index (κ3) is 3.82. The Morgan fingerprint density at radius 1 is 1.14 bits per heavy atom. The molecule has 0 bridgehead atoms. The molecule has 0 saturated carbocycles. The summed E-state index contributed by atoms with van der Waals surface area (Å²) in [6.45, 7) is 3.46. The van der Waals surface area contributed by atoms with Crippen LogP contribution in [0, 0.1) is 25.5 Å². The molecule has 2 rings (SSSR count). The molecule has 1 aromatic heterocycles. The number of nitrogens with one attached hydrogen (secondary N) is 1. The van der Waals surface area contributed by atoms with E-state index in [2.05, 4.69) is 15.3 Å². The SMILES string of the molecule is COC(C(=O)Nc1cc(C)nc(C)n1)c1cc(F)cc(F)c1. The topological polar surface area (TPSA) is 64.1 Å². The predicted octanol–water partition coefficient (Wildman–Crippen LogP) is 2.70. The van der Waals surface area contributed by atoms with Crippen molar-refractivity contribution in [1.82, 2.24) is 9.97 Å². The molecule has 0 aliphatic rings. The number of hydrogen-bond acceptors (Lipinski definition) is 4. The van der Waals surface area contributed by atoms with Gasteiger partial charge in [0.25, 0.3) is 5.91 Å². The highest BCUT2D eigenvalue weighted by atomic mass is 19.1. The molecule has 0 aliphatic heterocycles. The fourth-order valence-electron chi connectivity index (χ4n) is 2.09. The van der Waals surface area contributed by atoms with Crippen LogP contribution in [0.25, 0.3) is 0 Å². The zero-order valence-corrected chi connectivity index (χ0v) is 12.4. The summed E-state index contributed by atoms with van der Waals surface area (Å²) in [6, 6.07) is 4.41. The Morgan fingerprint density at radius 2 is 1.77 bits per heavy atom. The fourth-order valence-corrected chi connectivity index (χ4v) is 2.09. The molecule has 7 heteroatoms. The lowest BCUT2D eigenvalue weighted by atomic mass is 10.1. The zero-order chi connectivity index (χ0) is 16.3. The van der Waals surface area contributed by atoms with Gasteiger partial charge in [-0.05, 0) is 31.5 Å². The largest absolute Gasteiger partial charge is 0.367 e. The van der Waals surface area contributed by atoms with E-state index >= 15 is 0 Å². The number of carbonyl (C=O) groups excluding carboxylic acids is 1. The van der Waals surface area contributed by atoms with Gasteiger partial charge in [0.2, 0.25) is 0 Å². The third-order valence-corrected chi connectivity index (χ3v) is 2.88. The molecular formula is C15H15F2N3O2. The Hall–Kier alpha value is -2.41. The summed E-state index contributed by atoms with van der Waals surface area (Å²) in [7, 11) is 1.28. The van der Waals surface area contributed by atoms with E-state index in [0.29, 0.717) is 17.3 Å². The summed E-state index contributed by atoms with van der Waals surface area (Å²) in [5, 5.41) is 2.55. The van der Waals surface area contributed by atoms with Gasteiger partial charge in [0.15, 0.2) is 6.10 Å². The van der Waals surface area contributed by atoms with Crippen LogP contribution in [0.5, 0.6) is 0 Å². The van der Waals surface area contributed by atoms with Crippen LogP contribution in [0.15, 0.2) is 24.3 Å². The number of hydrogen-bond donors (Lipinski definition) is 1. The summed E-state index contributed by atoms with van der Waals surface area (Å²) >= 11 is 0. The van der Waals surface area contributed by atoms with Crippen molar-refractivity contribution < 1.29 is 18.3 Å². The average molecular weight is 307 g/mol. The Morgan fingerprint density at radius 3 is 2.32 bits per heavy atom. The van der Waals surface area contributed by atoms with Gasteiger partial charge in [0.1, 0.15) is 23.3 Å². The van der Waals surface area contributed by atoms with E-state index in [-0.39, 0.29) is 5.56 Å². The molecule has 2 aromatic rings. The smallest absolute Gasteiger partial charge is 0.259 e. The Kier molecular flexibility index (Phi) is 4.77. The molecule has 1 amide bonds. The van der Waals surface area contributed by atoms with E-state index in [1.807, 2.05) is 0 Å². The molecular weight excluding hydrogens is 292 g/mol. The molecule has 0 saturated heterocycles. The second-order valence-electron chi connectivity index (χ2n) is 4.75. The lowest BCUT2D eigenvalue weighted by molar-refractivity contribution is -0.126. The second kappa shape index (κ2) is 6.57. The minimum Gasteiger partial charge on any atom is -0.367 e. The first-order valence-electron chi connectivity index (χ1n) is 6.51. The summed E-state index contributed by atoms with van der Waals surface area (Å²) in [5.74, 6) is -1.34. The van der Waals surface area contributed by atoms with E-state index < -0.39 is 23.6 Å². The Balaban J connectivity index is 2.25. The molecule has 1 unspecified atom stereocenters. The van der Waals surface area contributed by atoms with Gasteiger partial charge in [-0.1, -0.05) is 0 Å². The maximum Gasteiger partial charge on any atom is 0.259 e. The van der Waals surface area contributed by atoms with Crippen LogP contribution in [-0.2, 0) is 9.53 Å². The van der Waals surface area contributed by atoms with Gasteiger partial charge in [0.05, 0.1) is 0 Å². The van der Waals surface area contributed by atoms with E-state index in [0.717, 1.165) is 18.2 Å². The number of rotatable bonds is 4. The van der Waals surface area contributed by atoms with Crippen LogP contribution in [0.3, 0.4) is 0 Å². The van der Waals surface area contributed by atoms with Crippen molar-refractivity contribution in [3.05, 3.63) is 53.0 Å². The molecule has 1 aromatic carbocycles. The van der Waals surface area contributed by atoms with Crippen LogP contribution in [0.2, 0.25) is 0 Å². The number of ether oxygens (including phenoxy) is 1. The summed E-state index contributed by atoms with van der Waals surface area (Å²) in [5.41, 5.74) is 0.772. The quantitative estimate of drug-likeness (QED) is 0.943. The van der Waals surface area contributed by atoms with E-state index in [9.17, 15) is 13.6 Å². The minimum absolute atomic E-state index is 0.0833. The highest BCUT2D eigenvalue weighted by Gasteiger charge is 2.22. The number of amides is 1. The number of benzene rings is 1. The highest BCUT2D eigenvalue weighted by molar-refractivity contribution is 5.94. The first kappa shape index (κ1) is 16.0. The molecule has 0 aliphatic carbocycles. The van der Waals surface area contributed by atoms with Crippen molar-refractivity contribution >= 4 is 11.7 Å². The normalized spacial score (nSPS) is 12.0. The van der Waals surface area contributed by atoms with Crippen molar-refractivity contribution in [3.63, 3.8) is 0 Å². The van der Waals surface area contributed by atoms with Crippen LogP contribution in [-0.4, -0.2) is 23.0 Å². The first-order valence-corrected chi connectivity index (χ1v) is 6.51. The summed E-state index contributed by atoms with van der Waals surface area (Å²) in [6.07, 6.45) is -1.15. The lowest BCUT2D eigenvalue weighted by Crippen LogP contribution is -2.23. The number of aryl methyl sites for hydroxylation is 2. The third-order valence-electron chi connectivity index (χ3n) is 2.88. The van der Waals surface area contributed by atoms with Gasteiger partial charge in [-0.25, -0.2) is 18.7 Å². The second-order valence-corrected chi connectivity index (χ2v) is 4.75. The lowest BCUT2D eigenvalue weighted by Gasteiger charge is -2.16. The number of nitrogens with zero attached hydrogens (tertiary/aromatic N) is 2. The van der Waals surface area contributed by atoms with E-state index in [1.165, 1.54) is 7.11 Å². The maximum atomic E-state index is 13.3. The molecule has 0 radical (unpaired) electrons. The zero-order valence-electron chi connectivity index (χ0n) is 12.4. The Bertz CT molecular complexity index is 667. The van der Waals surface area contributed by atoms with Crippen LogP contribution in [0.4, 0.5) is 14.6 Å². The first-order chi connectivity index (χ1) is 10.4. The van der Waals surface area contributed by atoms with Crippen molar-refractivity contribution in [2.24, 2.45) is 0 Å². The van der Waals surface area contributed by atoms with E-state index in [1.54, 1.807) is 19.9 Å². The van der Waals surface area contributed by atoms with Gasteiger partial charge >= 0.3 is 0 Å². The molecule has 0 spiro atoms. The molecule has 116 valence electrons. The van der Waals surface area contributed by atoms with Gasteiger partial charge in [-0.3, -0.25) is 4.79 Å². The molecule has 0 fully saturated rings. The molecule has 1 atom stereocenters. The monoisotopic (exact) mass is 307 g/mol. The van der Waals surface area contributed by atoms with Crippen molar-refractivity contribution in [1.29, 1.82) is 0 Å². The summed E-state index contributed by atoms with van der Waals surface area (Å²) < 4.78 is 31.6. The van der Waals surface area contributed by atoms with Gasteiger partial charge in [-0.2, -0.15) is 0 Å². The standard InChI is InChI=1S/C15H15F2N3O2/c1-8-4-13(19-9(2)18-8)20-15(21)14(22-3)10-5-11(16)7-12(17)6-10/h4-7,14H,1-3H3,(H,18,19,20,21). The van der Waals surface area contributed by atoms with Crippen molar-refractivity contribution in [3.8, 4) is 0 Å². The van der Waals surface area contributed by atoms with E-state index in [4.69, 9.17) is 4.74 Å². The van der Waals surface area contributed by atoms with Gasteiger partial charge < -0.3 is 10.1 Å². The van der Waals surface area contributed by atoms with Gasteiger partial charge in [0, 0.05) is 24.9 Å². The minimum atomic E-state index is -1.15. The molecule has 1 N–H and O–H groups in total. The van der Waals surface area contributed by atoms with Crippen LogP contribution >= 0.6 is 0 Å². The predicted molar refractivity (Wildman–Crippen MR) is 76.2 cm³/mol.